The van der Waals surface area contributed by atoms with Crippen molar-refractivity contribution in [3.63, 3.8) is 0 Å². The van der Waals surface area contributed by atoms with E-state index in [4.69, 9.17) is 17.0 Å². The van der Waals surface area contributed by atoms with E-state index in [0.717, 1.165) is 13.1 Å². The van der Waals surface area contributed by atoms with Crippen molar-refractivity contribution in [2.45, 2.75) is 40.2 Å². The van der Waals surface area contributed by atoms with E-state index in [1.165, 1.54) is 0 Å². The molecule has 0 aliphatic rings. The van der Waals surface area contributed by atoms with Crippen molar-refractivity contribution in [1.82, 2.24) is 10.2 Å². The number of carbonyl (C=O) groups is 1. The molecule has 0 radical (unpaired) electrons. The third-order valence-electron chi connectivity index (χ3n) is 1.87. The molecule has 0 spiro atoms. The van der Waals surface area contributed by atoms with Crippen LogP contribution in [0.15, 0.2) is 12.3 Å². The minimum Gasteiger partial charge on any atom is -0.444 e. The molecule has 0 atom stereocenters. The first-order valence-corrected chi connectivity index (χ1v) is 6.15. The molecule has 0 unspecified atom stereocenters. The first-order valence-electron chi connectivity index (χ1n) is 5.74. The summed E-state index contributed by atoms with van der Waals surface area (Å²) in [5.74, 6) is 0. The molecule has 17 heavy (non-hydrogen) atoms. The van der Waals surface area contributed by atoms with E-state index in [0.29, 0.717) is 4.99 Å². The maximum atomic E-state index is 11.4. The zero-order valence-electron chi connectivity index (χ0n) is 11.2. The van der Waals surface area contributed by atoms with Crippen molar-refractivity contribution in [1.29, 1.82) is 0 Å². The minimum absolute atomic E-state index is 0.353. The predicted molar refractivity (Wildman–Crippen MR) is 74.0 cm³/mol. The lowest BCUT2D eigenvalue weighted by Gasteiger charge is -2.19. The summed E-state index contributed by atoms with van der Waals surface area (Å²) in [6.07, 6.45) is 3.03. The van der Waals surface area contributed by atoms with Gasteiger partial charge in [-0.2, -0.15) is 0 Å². The van der Waals surface area contributed by atoms with Crippen LogP contribution in [-0.4, -0.2) is 34.7 Å². The van der Waals surface area contributed by atoms with Gasteiger partial charge in [0.25, 0.3) is 0 Å². The summed E-state index contributed by atoms with van der Waals surface area (Å²) in [7, 11) is 0. The molecule has 4 nitrogen and oxygen atoms in total. The number of carbonyl (C=O) groups excluding carboxylic acids is 1. The predicted octanol–water partition coefficient (Wildman–Crippen LogP) is 2.69. The monoisotopic (exact) mass is 258 g/mol. The topological polar surface area (TPSA) is 41.6 Å². The fourth-order valence-corrected chi connectivity index (χ4v) is 1.20. The van der Waals surface area contributed by atoms with Crippen molar-refractivity contribution in [2.24, 2.45) is 0 Å². The van der Waals surface area contributed by atoms with Crippen molar-refractivity contribution >= 4 is 23.3 Å². The van der Waals surface area contributed by atoms with E-state index >= 15 is 0 Å². The quantitative estimate of drug-likeness (QED) is 0.622. The second kappa shape index (κ2) is 7.27. The third kappa shape index (κ3) is 8.68. The largest absolute Gasteiger partial charge is 0.444 e. The van der Waals surface area contributed by atoms with Gasteiger partial charge in [-0.05, 0) is 40.7 Å². The summed E-state index contributed by atoms with van der Waals surface area (Å²) in [4.78, 5) is 13.8. The van der Waals surface area contributed by atoms with Gasteiger partial charge in [-0.3, -0.25) is 5.32 Å². The van der Waals surface area contributed by atoms with Crippen LogP contribution in [0.4, 0.5) is 4.79 Å². The maximum absolute atomic E-state index is 11.4. The van der Waals surface area contributed by atoms with Crippen molar-refractivity contribution in [2.75, 3.05) is 13.1 Å². The van der Waals surface area contributed by atoms with Gasteiger partial charge in [0.1, 0.15) is 10.6 Å². The number of thiocarbonyl (C=S) groups is 1. The minimum atomic E-state index is -0.522. The van der Waals surface area contributed by atoms with Gasteiger partial charge in [-0.15, -0.1) is 0 Å². The number of nitrogens with zero attached hydrogens (tertiary/aromatic N) is 1. The lowest BCUT2D eigenvalue weighted by atomic mass is 10.2. The highest BCUT2D eigenvalue weighted by Crippen LogP contribution is 2.06. The van der Waals surface area contributed by atoms with E-state index in [-0.39, 0.29) is 0 Å². The lowest BCUT2D eigenvalue weighted by Crippen LogP contribution is -2.35. The highest BCUT2D eigenvalue weighted by atomic mass is 32.1. The Labute approximate surface area is 109 Å². The molecular formula is C12H22N2O2S. The molecule has 0 saturated heterocycles. The third-order valence-corrected chi connectivity index (χ3v) is 2.11. The fourth-order valence-electron chi connectivity index (χ4n) is 1.05. The Morgan fingerprint density at radius 2 is 1.88 bits per heavy atom. The SMILES string of the molecule is CCN(/C=C/C(=S)NC(=O)OC(C)(C)C)CC. The van der Waals surface area contributed by atoms with E-state index in [2.05, 4.69) is 24.1 Å². The fraction of sp³-hybridized carbons (Fsp3) is 0.667. The van der Waals surface area contributed by atoms with Crippen molar-refractivity contribution in [3.8, 4) is 0 Å². The number of amides is 1. The molecule has 0 aromatic carbocycles. The molecule has 0 aromatic rings. The van der Waals surface area contributed by atoms with E-state index in [1.54, 1.807) is 26.8 Å². The summed E-state index contributed by atoms with van der Waals surface area (Å²) >= 11 is 5.01. The Balaban J connectivity index is 4.14. The molecular weight excluding hydrogens is 236 g/mol. The highest BCUT2D eigenvalue weighted by Gasteiger charge is 2.16. The average Bonchev–Trinajstić information content (AvgIpc) is 2.16. The van der Waals surface area contributed by atoms with Gasteiger partial charge in [0.2, 0.25) is 0 Å². The molecule has 0 fully saturated rings. The van der Waals surface area contributed by atoms with Crippen LogP contribution in [0.3, 0.4) is 0 Å². The summed E-state index contributed by atoms with van der Waals surface area (Å²) in [5.41, 5.74) is -0.512. The molecule has 0 aliphatic heterocycles. The van der Waals surface area contributed by atoms with Crippen LogP contribution in [0, 0.1) is 0 Å². The molecule has 0 saturated carbocycles. The summed E-state index contributed by atoms with van der Waals surface area (Å²) in [5, 5.41) is 2.50. The summed E-state index contributed by atoms with van der Waals surface area (Å²) < 4.78 is 5.08. The van der Waals surface area contributed by atoms with Gasteiger partial charge >= 0.3 is 6.09 Å². The summed E-state index contributed by atoms with van der Waals surface area (Å²) in [6.45, 7) is 11.3. The second-order valence-corrected chi connectivity index (χ2v) is 4.97. The van der Waals surface area contributed by atoms with Crippen LogP contribution < -0.4 is 5.32 Å². The standard InChI is InChI=1S/C12H22N2O2S/c1-6-14(7-2)9-8-10(17)13-11(15)16-12(3,4)5/h8-9H,6-7H2,1-5H3,(H,13,15,17)/b9-8+. The highest BCUT2D eigenvalue weighted by molar-refractivity contribution is 7.80. The first kappa shape index (κ1) is 15.9. The number of hydrogen-bond donors (Lipinski definition) is 1. The van der Waals surface area contributed by atoms with Crippen LogP contribution in [0.5, 0.6) is 0 Å². The van der Waals surface area contributed by atoms with Crippen LogP contribution in [0.25, 0.3) is 0 Å². The van der Waals surface area contributed by atoms with Crippen molar-refractivity contribution in [3.05, 3.63) is 12.3 Å². The Morgan fingerprint density at radius 1 is 1.35 bits per heavy atom. The van der Waals surface area contributed by atoms with Gasteiger partial charge in [0, 0.05) is 19.3 Å². The van der Waals surface area contributed by atoms with Gasteiger partial charge < -0.3 is 9.64 Å². The van der Waals surface area contributed by atoms with Gasteiger partial charge in [0.15, 0.2) is 0 Å². The van der Waals surface area contributed by atoms with Crippen molar-refractivity contribution < 1.29 is 9.53 Å². The van der Waals surface area contributed by atoms with E-state index in [1.807, 2.05) is 6.20 Å². The number of alkyl carbamates (subject to hydrolysis) is 1. The van der Waals surface area contributed by atoms with Crippen LogP contribution in [0.2, 0.25) is 0 Å². The van der Waals surface area contributed by atoms with E-state index in [9.17, 15) is 4.79 Å². The summed E-state index contributed by atoms with van der Waals surface area (Å²) in [6, 6.07) is 0. The smallest absolute Gasteiger partial charge is 0.412 e. The molecule has 0 rings (SSSR count). The Hall–Kier alpha value is -1.10. The molecule has 0 aliphatic carbocycles. The molecule has 0 bridgehead atoms. The van der Waals surface area contributed by atoms with E-state index < -0.39 is 11.7 Å². The van der Waals surface area contributed by atoms with Gasteiger partial charge in [-0.1, -0.05) is 12.2 Å². The first-order chi connectivity index (χ1) is 7.78. The Bertz CT molecular complexity index is 291. The lowest BCUT2D eigenvalue weighted by molar-refractivity contribution is 0.0564. The van der Waals surface area contributed by atoms with Crippen LogP contribution >= 0.6 is 12.2 Å². The van der Waals surface area contributed by atoms with Gasteiger partial charge in [-0.25, -0.2) is 4.79 Å². The molecule has 1 amide bonds. The maximum Gasteiger partial charge on any atom is 0.412 e. The number of ether oxygens (including phenoxy) is 1. The average molecular weight is 258 g/mol. The number of rotatable bonds is 4. The molecule has 98 valence electrons. The molecule has 1 N–H and O–H groups in total. The van der Waals surface area contributed by atoms with Crippen LogP contribution in [-0.2, 0) is 4.74 Å². The van der Waals surface area contributed by atoms with Gasteiger partial charge in [0.05, 0.1) is 0 Å². The second-order valence-electron chi connectivity index (χ2n) is 4.53. The Morgan fingerprint density at radius 3 is 2.29 bits per heavy atom. The number of nitrogens with one attached hydrogen (secondary N) is 1. The number of hydrogen-bond acceptors (Lipinski definition) is 4. The molecule has 0 heterocycles. The normalized spacial score (nSPS) is 11.4. The van der Waals surface area contributed by atoms with Crippen LogP contribution in [0.1, 0.15) is 34.6 Å². The molecule has 5 heteroatoms. The Kier molecular flexibility index (Phi) is 6.80. The zero-order chi connectivity index (χ0) is 13.5. The zero-order valence-corrected chi connectivity index (χ0v) is 12.1. The molecule has 0 aromatic heterocycles.